The predicted molar refractivity (Wildman–Crippen MR) is 128 cm³/mol. The summed E-state index contributed by atoms with van der Waals surface area (Å²) < 4.78 is 0. The zero-order valence-corrected chi connectivity index (χ0v) is 18.6. The molecule has 31 heavy (non-hydrogen) atoms. The molecule has 0 aliphatic heterocycles. The van der Waals surface area contributed by atoms with E-state index in [4.69, 9.17) is 0 Å². The molecule has 0 saturated heterocycles. The minimum atomic E-state index is -0.208. The van der Waals surface area contributed by atoms with Crippen molar-refractivity contribution in [1.82, 2.24) is 14.8 Å². The number of aryl methyl sites for hydroxylation is 1. The van der Waals surface area contributed by atoms with Gasteiger partial charge in [-0.2, -0.15) is 0 Å². The van der Waals surface area contributed by atoms with Crippen LogP contribution in [-0.2, 0) is 13.0 Å². The fourth-order valence-corrected chi connectivity index (χ4v) is 3.62. The molecular formula is C25H32N4O2. The molecule has 3 rings (SSSR count). The topological polar surface area (TPSA) is 68.4 Å². The molecule has 0 atom stereocenters. The van der Waals surface area contributed by atoms with E-state index in [1.165, 1.54) is 5.56 Å². The van der Waals surface area contributed by atoms with E-state index >= 15 is 0 Å². The van der Waals surface area contributed by atoms with E-state index in [-0.39, 0.29) is 18.1 Å². The molecule has 0 saturated carbocycles. The van der Waals surface area contributed by atoms with Crippen molar-refractivity contribution in [3.05, 3.63) is 76.1 Å². The number of fused-ring (bicyclic) bond motifs is 1. The average molecular weight is 421 g/mol. The third kappa shape index (κ3) is 5.95. The molecule has 0 unspecified atom stereocenters. The second kappa shape index (κ2) is 10.8. The standard InChI is InChI=1S/C25H32N4O2/c1-4-19-12-13-23-20(16-19)17-21(24(30)27-23)18-29(15-14-28(5-2)6-3)25(31)26-22-10-8-7-9-11-22/h7-13,16-17H,4-6,14-15,18H2,1-3H3,(H,26,31)(H,27,30). The largest absolute Gasteiger partial charge is 0.322 e. The number of para-hydroxylation sites is 1. The molecule has 0 aliphatic rings. The van der Waals surface area contributed by atoms with Crippen LogP contribution in [0.5, 0.6) is 0 Å². The zero-order chi connectivity index (χ0) is 22.2. The fourth-order valence-electron chi connectivity index (χ4n) is 3.62. The number of nitrogens with zero attached hydrogens (tertiary/aromatic N) is 2. The van der Waals surface area contributed by atoms with Crippen molar-refractivity contribution in [2.75, 3.05) is 31.5 Å². The van der Waals surface area contributed by atoms with E-state index in [2.05, 4.69) is 42.0 Å². The number of aromatic amines is 1. The van der Waals surface area contributed by atoms with Gasteiger partial charge in [0, 0.05) is 29.9 Å². The van der Waals surface area contributed by atoms with Gasteiger partial charge in [-0.3, -0.25) is 4.79 Å². The van der Waals surface area contributed by atoms with Crippen molar-refractivity contribution < 1.29 is 4.79 Å². The van der Waals surface area contributed by atoms with Gasteiger partial charge >= 0.3 is 6.03 Å². The van der Waals surface area contributed by atoms with Crippen LogP contribution >= 0.6 is 0 Å². The summed E-state index contributed by atoms with van der Waals surface area (Å²) in [4.78, 5) is 32.7. The predicted octanol–water partition coefficient (Wildman–Crippen LogP) is 4.47. The van der Waals surface area contributed by atoms with Gasteiger partial charge in [0.2, 0.25) is 0 Å². The van der Waals surface area contributed by atoms with Crippen LogP contribution < -0.4 is 10.9 Å². The van der Waals surface area contributed by atoms with E-state index < -0.39 is 0 Å². The van der Waals surface area contributed by atoms with Crippen LogP contribution in [0, 0.1) is 0 Å². The van der Waals surface area contributed by atoms with Crippen molar-refractivity contribution >= 4 is 22.6 Å². The minimum absolute atomic E-state index is 0.155. The van der Waals surface area contributed by atoms with Crippen LogP contribution in [0.4, 0.5) is 10.5 Å². The zero-order valence-electron chi connectivity index (χ0n) is 18.6. The highest BCUT2D eigenvalue weighted by atomic mass is 16.2. The Morgan fingerprint density at radius 1 is 0.968 bits per heavy atom. The lowest BCUT2D eigenvalue weighted by molar-refractivity contribution is 0.194. The number of aromatic nitrogens is 1. The van der Waals surface area contributed by atoms with Crippen molar-refractivity contribution in [3.8, 4) is 0 Å². The summed E-state index contributed by atoms with van der Waals surface area (Å²) in [5.74, 6) is 0. The van der Waals surface area contributed by atoms with E-state index in [0.717, 1.165) is 42.6 Å². The number of rotatable bonds is 9. The molecule has 0 radical (unpaired) electrons. The maximum atomic E-state index is 13.1. The summed E-state index contributed by atoms with van der Waals surface area (Å²) >= 11 is 0. The van der Waals surface area contributed by atoms with Crippen LogP contribution in [0.3, 0.4) is 0 Å². The Hall–Kier alpha value is -3.12. The van der Waals surface area contributed by atoms with Crippen molar-refractivity contribution in [2.45, 2.75) is 33.7 Å². The molecule has 0 aliphatic carbocycles. The number of amides is 2. The van der Waals surface area contributed by atoms with Crippen molar-refractivity contribution in [1.29, 1.82) is 0 Å². The molecule has 1 aromatic heterocycles. The molecule has 0 bridgehead atoms. The number of urea groups is 1. The van der Waals surface area contributed by atoms with Crippen LogP contribution in [0.15, 0.2) is 59.4 Å². The summed E-state index contributed by atoms with van der Waals surface area (Å²) in [6, 6.07) is 17.2. The lowest BCUT2D eigenvalue weighted by Gasteiger charge is -2.26. The Morgan fingerprint density at radius 2 is 1.71 bits per heavy atom. The summed E-state index contributed by atoms with van der Waals surface area (Å²) in [6.45, 7) is 9.70. The Kier molecular flexibility index (Phi) is 7.84. The van der Waals surface area contributed by atoms with E-state index in [1.54, 1.807) is 4.90 Å². The van der Waals surface area contributed by atoms with Gasteiger partial charge in [0.15, 0.2) is 0 Å². The molecule has 2 amide bonds. The highest BCUT2D eigenvalue weighted by Gasteiger charge is 2.17. The smallest absolute Gasteiger partial charge is 0.322 e. The Labute approximate surface area is 183 Å². The van der Waals surface area contributed by atoms with E-state index in [1.807, 2.05) is 48.5 Å². The lowest BCUT2D eigenvalue weighted by atomic mass is 10.1. The van der Waals surface area contributed by atoms with E-state index in [9.17, 15) is 9.59 Å². The number of H-pyrrole nitrogens is 1. The normalized spacial score (nSPS) is 11.1. The number of likely N-dealkylation sites (N-methyl/N-ethyl adjacent to an activating group) is 1. The number of benzene rings is 2. The minimum Gasteiger partial charge on any atom is -0.322 e. The molecule has 3 aromatic rings. The van der Waals surface area contributed by atoms with E-state index in [0.29, 0.717) is 12.1 Å². The molecule has 6 nitrogen and oxygen atoms in total. The van der Waals surface area contributed by atoms with Gasteiger partial charge in [-0.05, 0) is 60.8 Å². The monoisotopic (exact) mass is 420 g/mol. The van der Waals surface area contributed by atoms with Crippen LogP contribution in [0.25, 0.3) is 10.9 Å². The molecule has 6 heteroatoms. The summed E-state index contributed by atoms with van der Waals surface area (Å²) in [5.41, 5.74) is 3.20. The summed E-state index contributed by atoms with van der Waals surface area (Å²) in [5, 5.41) is 3.94. The SMILES string of the molecule is CCc1ccc2[nH]c(=O)c(CN(CCN(CC)CC)C(=O)Nc3ccccc3)cc2c1. The number of nitrogens with one attached hydrogen (secondary N) is 2. The summed E-state index contributed by atoms with van der Waals surface area (Å²) in [7, 11) is 0. The maximum Gasteiger partial charge on any atom is 0.322 e. The number of carbonyl (C=O) groups excluding carboxylic acids is 1. The first-order valence-electron chi connectivity index (χ1n) is 11.0. The molecule has 2 aromatic carbocycles. The van der Waals surface area contributed by atoms with Gasteiger partial charge in [0.05, 0.1) is 6.54 Å². The van der Waals surface area contributed by atoms with Gasteiger partial charge in [-0.25, -0.2) is 4.79 Å². The number of carbonyl (C=O) groups is 1. The second-order valence-electron chi connectivity index (χ2n) is 7.64. The van der Waals surface area contributed by atoms with Gasteiger partial charge in [-0.15, -0.1) is 0 Å². The Morgan fingerprint density at radius 3 is 2.39 bits per heavy atom. The number of anilines is 1. The fraction of sp³-hybridized carbons (Fsp3) is 0.360. The Bertz CT molecular complexity index is 1060. The average Bonchev–Trinajstić information content (AvgIpc) is 2.79. The van der Waals surface area contributed by atoms with Crippen molar-refractivity contribution in [2.24, 2.45) is 0 Å². The first-order chi connectivity index (χ1) is 15.0. The van der Waals surface area contributed by atoms with Crippen LogP contribution in [-0.4, -0.2) is 47.0 Å². The summed E-state index contributed by atoms with van der Waals surface area (Å²) in [6.07, 6.45) is 0.930. The molecular weight excluding hydrogens is 388 g/mol. The molecule has 2 N–H and O–H groups in total. The van der Waals surface area contributed by atoms with Gasteiger partial charge < -0.3 is 20.1 Å². The maximum absolute atomic E-state index is 13.1. The van der Waals surface area contributed by atoms with Gasteiger partial charge in [0.1, 0.15) is 0 Å². The van der Waals surface area contributed by atoms with Crippen LogP contribution in [0.2, 0.25) is 0 Å². The third-order valence-corrected chi connectivity index (χ3v) is 5.65. The van der Waals surface area contributed by atoms with Crippen LogP contribution in [0.1, 0.15) is 31.9 Å². The molecule has 0 fully saturated rings. The number of hydrogen-bond donors (Lipinski definition) is 2. The first-order valence-corrected chi connectivity index (χ1v) is 11.0. The quantitative estimate of drug-likeness (QED) is 0.537. The lowest BCUT2D eigenvalue weighted by Crippen LogP contribution is -2.41. The van der Waals surface area contributed by atoms with Gasteiger partial charge in [-0.1, -0.05) is 45.0 Å². The van der Waals surface area contributed by atoms with Crippen molar-refractivity contribution in [3.63, 3.8) is 0 Å². The number of pyridine rings is 1. The van der Waals surface area contributed by atoms with Gasteiger partial charge in [0.25, 0.3) is 5.56 Å². The second-order valence-corrected chi connectivity index (χ2v) is 7.64. The highest BCUT2D eigenvalue weighted by Crippen LogP contribution is 2.16. The third-order valence-electron chi connectivity index (χ3n) is 5.65. The molecule has 1 heterocycles. The first kappa shape index (κ1) is 22.6. The molecule has 0 spiro atoms. The Balaban J connectivity index is 1.86. The highest BCUT2D eigenvalue weighted by molar-refractivity contribution is 5.89. The molecule has 164 valence electrons. The number of hydrogen-bond acceptors (Lipinski definition) is 3.